The van der Waals surface area contributed by atoms with Gasteiger partial charge in [-0.3, -0.25) is 0 Å². The molecule has 0 saturated heterocycles. The van der Waals surface area contributed by atoms with Crippen LogP contribution in [-0.4, -0.2) is 31.3 Å². The lowest BCUT2D eigenvalue weighted by molar-refractivity contribution is 0.301. The summed E-state index contributed by atoms with van der Waals surface area (Å²) in [4.78, 5) is 2.24. The van der Waals surface area contributed by atoms with E-state index in [-0.39, 0.29) is 6.61 Å². The number of hydrogen-bond donors (Lipinski definition) is 2. The van der Waals surface area contributed by atoms with Gasteiger partial charge in [-0.25, -0.2) is 0 Å². The molecule has 1 rings (SSSR count). The van der Waals surface area contributed by atoms with E-state index < -0.39 is 0 Å². The van der Waals surface area contributed by atoms with Gasteiger partial charge in [0, 0.05) is 30.3 Å². The fourth-order valence-corrected chi connectivity index (χ4v) is 2.28. The number of anilines is 1. The van der Waals surface area contributed by atoms with Crippen molar-refractivity contribution >= 4 is 17.3 Å². The molecule has 0 amide bonds. The zero-order valence-electron chi connectivity index (χ0n) is 12.0. The summed E-state index contributed by atoms with van der Waals surface area (Å²) in [6.45, 7) is 7.82. The lowest BCUT2D eigenvalue weighted by atomic mass is 10.1. The number of hydrogen-bond acceptors (Lipinski definition) is 3. The molecule has 0 fully saturated rings. The first-order chi connectivity index (χ1) is 9.22. The van der Waals surface area contributed by atoms with Crippen molar-refractivity contribution in [1.29, 1.82) is 0 Å². The van der Waals surface area contributed by atoms with Gasteiger partial charge < -0.3 is 15.3 Å². The van der Waals surface area contributed by atoms with Gasteiger partial charge in [0.1, 0.15) is 0 Å². The van der Waals surface area contributed by atoms with Crippen LogP contribution in [0.4, 0.5) is 5.69 Å². The molecular formula is C15H25ClN2O. The molecule has 1 aromatic rings. The van der Waals surface area contributed by atoms with E-state index >= 15 is 0 Å². The summed E-state index contributed by atoms with van der Waals surface area (Å²) in [5.41, 5.74) is 2.37. The van der Waals surface area contributed by atoms with Crippen LogP contribution in [0.1, 0.15) is 32.3 Å². The van der Waals surface area contributed by atoms with Gasteiger partial charge in [-0.15, -0.1) is 0 Å². The van der Waals surface area contributed by atoms with Crippen LogP contribution in [0.15, 0.2) is 18.2 Å². The van der Waals surface area contributed by atoms with Crippen LogP contribution in [-0.2, 0) is 6.54 Å². The average molecular weight is 285 g/mol. The van der Waals surface area contributed by atoms with Crippen LogP contribution in [0.2, 0.25) is 5.02 Å². The highest BCUT2D eigenvalue weighted by Crippen LogP contribution is 2.24. The Kier molecular flexibility index (Phi) is 7.87. The highest BCUT2D eigenvalue weighted by atomic mass is 35.5. The topological polar surface area (TPSA) is 35.5 Å². The smallest absolute Gasteiger partial charge is 0.0606 e. The number of aliphatic hydroxyl groups excluding tert-OH is 1. The SMILES string of the molecule is CCCCN(CCO)c1ccc(Cl)cc1CNCC. The van der Waals surface area contributed by atoms with E-state index in [1.54, 1.807) is 0 Å². The first kappa shape index (κ1) is 16.3. The van der Waals surface area contributed by atoms with Crippen molar-refractivity contribution in [1.82, 2.24) is 5.32 Å². The van der Waals surface area contributed by atoms with Crippen molar-refractivity contribution in [2.24, 2.45) is 0 Å². The van der Waals surface area contributed by atoms with E-state index in [0.717, 1.165) is 37.5 Å². The maximum absolute atomic E-state index is 9.24. The summed E-state index contributed by atoms with van der Waals surface area (Å²) in [5.74, 6) is 0. The van der Waals surface area contributed by atoms with E-state index in [4.69, 9.17) is 11.6 Å². The molecule has 0 unspecified atom stereocenters. The molecule has 0 bridgehead atoms. The number of nitrogens with one attached hydrogen (secondary N) is 1. The minimum atomic E-state index is 0.174. The standard InChI is InChI=1S/C15H25ClN2O/c1-3-5-8-18(9-10-19)15-7-6-14(16)11-13(15)12-17-4-2/h6-7,11,17,19H,3-5,8-10,12H2,1-2H3. The predicted octanol–water partition coefficient (Wildman–Crippen LogP) is 3.05. The Morgan fingerprint density at radius 1 is 1.26 bits per heavy atom. The predicted molar refractivity (Wildman–Crippen MR) is 83.0 cm³/mol. The van der Waals surface area contributed by atoms with Gasteiger partial charge in [0.15, 0.2) is 0 Å². The molecule has 0 aliphatic carbocycles. The van der Waals surface area contributed by atoms with Crippen molar-refractivity contribution in [3.05, 3.63) is 28.8 Å². The zero-order valence-corrected chi connectivity index (χ0v) is 12.7. The molecule has 19 heavy (non-hydrogen) atoms. The maximum atomic E-state index is 9.24. The summed E-state index contributed by atoms with van der Waals surface area (Å²) in [7, 11) is 0. The largest absolute Gasteiger partial charge is 0.395 e. The van der Waals surface area contributed by atoms with Crippen molar-refractivity contribution in [3.63, 3.8) is 0 Å². The monoisotopic (exact) mass is 284 g/mol. The molecular weight excluding hydrogens is 260 g/mol. The second-order valence-electron chi connectivity index (χ2n) is 4.62. The number of benzene rings is 1. The molecule has 0 atom stereocenters. The molecule has 2 N–H and O–H groups in total. The second kappa shape index (κ2) is 9.18. The van der Waals surface area contributed by atoms with Gasteiger partial charge in [0.2, 0.25) is 0 Å². The van der Waals surface area contributed by atoms with E-state index in [2.05, 4.69) is 30.1 Å². The third-order valence-electron chi connectivity index (χ3n) is 3.10. The van der Waals surface area contributed by atoms with Crippen LogP contribution in [0.25, 0.3) is 0 Å². The number of aliphatic hydroxyl groups is 1. The second-order valence-corrected chi connectivity index (χ2v) is 5.05. The molecule has 0 aliphatic heterocycles. The van der Waals surface area contributed by atoms with Crippen LogP contribution >= 0.6 is 11.6 Å². The van der Waals surface area contributed by atoms with Crippen LogP contribution in [0.5, 0.6) is 0 Å². The third-order valence-corrected chi connectivity index (χ3v) is 3.33. The number of unbranched alkanes of at least 4 members (excludes halogenated alkanes) is 1. The molecule has 0 aromatic heterocycles. The summed E-state index contributed by atoms with van der Waals surface area (Å²) >= 11 is 6.09. The van der Waals surface area contributed by atoms with Crippen molar-refractivity contribution in [2.45, 2.75) is 33.2 Å². The van der Waals surface area contributed by atoms with Gasteiger partial charge in [-0.2, -0.15) is 0 Å². The van der Waals surface area contributed by atoms with Gasteiger partial charge in [-0.05, 0) is 36.7 Å². The number of rotatable bonds is 9. The normalized spacial score (nSPS) is 10.7. The number of halogens is 1. The van der Waals surface area contributed by atoms with Crippen LogP contribution in [0, 0.1) is 0 Å². The maximum Gasteiger partial charge on any atom is 0.0606 e. The van der Waals surface area contributed by atoms with Crippen LogP contribution in [0.3, 0.4) is 0 Å². The average Bonchev–Trinajstić information content (AvgIpc) is 2.41. The molecule has 0 saturated carbocycles. The van der Waals surface area contributed by atoms with Gasteiger partial charge in [0.25, 0.3) is 0 Å². The fraction of sp³-hybridized carbons (Fsp3) is 0.600. The molecule has 4 heteroatoms. The van der Waals surface area contributed by atoms with Crippen LogP contribution < -0.4 is 10.2 Å². The molecule has 1 aromatic carbocycles. The van der Waals surface area contributed by atoms with E-state index in [1.165, 1.54) is 11.3 Å². The molecule has 3 nitrogen and oxygen atoms in total. The first-order valence-corrected chi connectivity index (χ1v) is 7.45. The number of nitrogens with zero attached hydrogens (tertiary/aromatic N) is 1. The molecule has 0 heterocycles. The first-order valence-electron chi connectivity index (χ1n) is 7.07. The van der Waals surface area contributed by atoms with Crippen molar-refractivity contribution in [2.75, 3.05) is 31.1 Å². The summed E-state index contributed by atoms with van der Waals surface area (Å²) < 4.78 is 0. The Balaban J connectivity index is 2.91. The highest BCUT2D eigenvalue weighted by Gasteiger charge is 2.11. The van der Waals surface area contributed by atoms with Crippen molar-refractivity contribution in [3.8, 4) is 0 Å². The minimum Gasteiger partial charge on any atom is -0.395 e. The summed E-state index contributed by atoms with van der Waals surface area (Å²) in [6.07, 6.45) is 2.28. The quantitative estimate of drug-likeness (QED) is 0.732. The van der Waals surface area contributed by atoms with E-state index in [9.17, 15) is 5.11 Å². The summed E-state index contributed by atoms with van der Waals surface area (Å²) in [5, 5.41) is 13.3. The van der Waals surface area contributed by atoms with Gasteiger partial charge in [0.05, 0.1) is 6.61 Å². The Morgan fingerprint density at radius 2 is 2.05 bits per heavy atom. The highest BCUT2D eigenvalue weighted by molar-refractivity contribution is 6.30. The molecule has 108 valence electrons. The van der Waals surface area contributed by atoms with Crippen molar-refractivity contribution < 1.29 is 5.11 Å². The Labute approximate surface area is 121 Å². The fourth-order valence-electron chi connectivity index (χ4n) is 2.09. The molecule has 0 radical (unpaired) electrons. The third kappa shape index (κ3) is 5.39. The Bertz CT molecular complexity index is 371. The molecule has 0 aliphatic rings. The zero-order chi connectivity index (χ0) is 14.1. The molecule has 0 spiro atoms. The Morgan fingerprint density at radius 3 is 2.68 bits per heavy atom. The van der Waals surface area contributed by atoms with Gasteiger partial charge in [-0.1, -0.05) is 31.9 Å². The minimum absolute atomic E-state index is 0.174. The van der Waals surface area contributed by atoms with E-state index in [0.29, 0.717) is 6.54 Å². The lowest BCUT2D eigenvalue weighted by Gasteiger charge is -2.26. The summed E-state index contributed by atoms with van der Waals surface area (Å²) in [6, 6.07) is 5.98. The lowest BCUT2D eigenvalue weighted by Crippen LogP contribution is -2.29. The van der Waals surface area contributed by atoms with E-state index in [1.807, 2.05) is 12.1 Å². The van der Waals surface area contributed by atoms with Gasteiger partial charge >= 0.3 is 0 Å². The Hall–Kier alpha value is -0.770.